The van der Waals surface area contributed by atoms with Gasteiger partial charge in [-0.1, -0.05) is 11.8 Å². The van der Waals surface area contributed by atoms with Crippen molar-refractivity contribution in [1.29, 1.82) is 0 Å². The summed E-state index contributed by atoms with van der Waals surface area (Å²) in [5.41, 5.74) is 5.68. The zero-order valence-corrected chi connectivity index (χ0v) is 8.21. The van der Waals surface area contributed by atoms with Crippen LogP contribution in [-0.2, 0) is 4.79 Å². The third-order valence-corrected chi connectivity index (χ3v) is 2.85. The van der Waals surface area contributed by atoms with E-state index in [2.05, 4.69) is 0 Å². The van der Waals surface area contributed by atoms with Crippen LogP contribution in [0.5, 0.6) is 0 Å². The molecule has 2 atom stereocenters. The molecule has 4 heteroatoms. The lowest BCUT2D eigenvalue weighted by molar-refractivity contribution is -0.109. The van der Waals surface area contributed by atoms with Crippen molar-refractivity contribution in [1.82, 2.24) is 0 Å². The van der Waals surface area contributed by atoms with Crippen molar-refractivity contribution in [3.05, 3.63) is 0 Å². The average Bonchev–Trinajstić information content (AvgIpc) is 2.13. The molecule has 0 aromatic rings. The van der Waals surface area contributed by atoms with E-state index < -0.39 is 0 Å². The molecule has 0 saturated heterocycles. The van der Waals surface area contributed by atoms with Gasteiger partial charge < -0.3 is 5.73 Å². The number of carbonyl (C=O) groups is 1. The molecule has 1 saturated carbocycles. The molecule has 0 aliphatic heterocycles. The van der Waals surface area contributed by atoms with Gasteiger partial charge in [-0.25, -0.2) is 0 Å². The van der Waals surface area contributed by atoms with Crippen LogP contribution >= 0.6 is 24.2 Å². The van der Waals surface area contributed by atoms with Crippen molar-refractivity contribution in [3.63, 3.8) is 0 Å². The summed E-state index contributed by atoms with van der Waals surface area (Å²) in [7, 11) is 0. The van der Waals surface area contributed by atoms with Gasteiger partial charge in [0.1, 0.15) is 0 Å². The topological polar surface area (TPSA) is 43.1 Å². The number of nitrogens with two attached hydrogens (primary N) is 1. The Hall–Kier alpha value is 0.270. The second kappa shape index (κ2) is 5.01. The van der Waals surface area contributed by atoms with Crippen LogP contribution in [0.2, 0.25) is 0 Å². The van der Waals surface area contributed by atoms with Gasteiger partial charge in [0.2, 0.25) is 0 Å². The average molecular weight is 196 g/mol. The Morgan fingerprint density at radius 3 is 2.55 bits per heavy atom. The summed E-state index contributed by atoms with van der Waals surface area (Å²) >= 11 is 1.45. The molecule has 0 aromatic carbocycles. The van der Waals surface area contributed by atoms with E-state index >= 15 is 0 Å². The molecule has 0 aromatic heterocycles. The standard InChI is InChI=1S/C7H13NOS.ClH/c1-5(9)10-7-3-2-6(8)4-7;/h6-7H,2-4,8H2,1H3;1H. The van der Waals surface area contributed by atoms with Crippen LogP contribution in [0.4, 0.5) is 0 Å². The smallest absolute Gasteiger partial charge is 0.186 e. The molecule has 1 rings (SSSR count). The molecule has 0 bridgehead atoms. The van der Waals surface area contributed by atoms with Crippen molar-refractivity contribution in [2.75, 3.05) is 0 Å². The van der Waals surface area contributed by atoms with Crippen molar-refractivity contribution in [2.45, 2.75) is 37.5 Å². The fourth-order valence-electron chi connectivity index (χ4n) is 1.32. The quantitative estimate of drug-likeness (QED) is 0.691. The SMILES string of the molecule is CC(=O)SC1CCC(N)C1.Cl. The van der Waals surface area contributed by atoms with Crippen LogP contribution in [0.15, 0.2) is 0 Å². The lowest BCUT2D eigenvalue weighted by Crippen LogP contribution is -2.15. The molecule has 0 heterocycles. The minimum Gasteiger partial charge on any atom is -0.328 e. The van der Waals surface area contributed by atoms with Gasteiger partial charge in [0, 0.05) is 18.2 Å². The molecule has 11 heavy (non-hydrogen) atoms. The maximum Gasteiger partial charge on any atom is 0.186 e. The van der Waals surface area contributed by atoms with Gasteiger partial charge in [-0.2, -0.15) is 0 Å². The zero-order chi connectivity index (χ0) is 7.56. The van der Waals surface area contributed by atoms with Crippen LogP contribution < -0.4 is 5.73 Å². The highest BCUT2D eigenvalue weighted by atomic mass is 35.5. The third-order valence-electron chi connectivity index (χ3n) is 1.76. The summed E-state index contributed by atoms with van der Waals surface area (Å²) in [4.78, 5) is 10.6. The van der Waals surface area contributed by atoms with E-state index in [9.17, 15) is 4.79 Å². The number of thioether (sulfide) groups is 1. The largest absolute Gasteiger partial charge is 0.328 e. The molecular weight excluding hydrogens is 182 g/mol. The highest BCUT2D eigenvalue weighted by molar-refractivity contribution is 8.14. The van der Waals surface area contributed by atoms with E-state index in [4.69, 9.17) is 5.73 Å². The molecule has 66 valence electrons. The molecular formula is C7H14ClNOS. The van der Waals surface area contributed by atoms with Gasteiger partial charge in [0.25, 0.3) is 0 Å². The summed E-state index contributed by atoms with van der Waals surface area (Å²) in [6.45, 7) is 1.62. The first kappa shape index (κ1) is 11.3. The molecule has 0 amide bonds. The Labute approximate surface area is 77.7 Å². The summed E-state index contributed by atoms with van der Waals surface area (Å²) in [5.74, 6) is 0. The first-order chi connectivity index (χ1) is 4.68. The Morgan fingerprint density at radius 2 is 2.18 bits per heavy atom. The van der Waals surface area contributed by atoms with E-state index in [0.717, 1.165) is 19.3 Å². The second-order valence-corrected chi connectivity index (χ2v) is 4.28. The van der Waals surface area contributed by atoms with Crippen LogP contribution in [0.3, 0.4) is 0 Å². The zero-order valence-electron chi connectivity index (χ0n) is 6.58. The predicted molar refractivity (Wildman–Crippen MR) is 51.1 cm³/mol. The second-order valence-electron chi connectivity index (χ2n) is 2.80. The highest BCUT2D eigenvalue weighted by Crippen LogP contribution is 2.28. The molecule has 1 fully saturated rings. The maximum atomic E-state index is 10.6. The first-order valence-corrected chi connectivity index (χ1v) is 4.49. The summed E-state index contributed by atoms with van der Waals surface area (Å²) in [5, 5.41) is 0.728. The fraction of sp³-hybridized carbons (Fsp3) is 0.857. The van der Waals surface area contributed by atoms with Crippen LogP contribution in [-0.4, -0.2) is 16.4 Å². The number of hydrogen-bond donors (Lipinski definition) is 1. The fourth-order valence-corrected chi connectivity index (χ4v) is 2.38. The molecule has 2 unspecified atom stereocenters. The number of rotatable bonds is 1. The Kier molecular flexibility index (Phi) is 5.13. The van der Waals surface area contributed by atoms with Gasteiger partial charge in [-0.15, -0.1) is 12.4 Å². The number of carbonyl (C=O) groups excluding carboxylic acids is 1. The van der Waals surface area contributed by atoms with Gasteiger partial charge in [0.05, 0.1) is 0 Å². The molecule has 1 aliphatic rings. The number of hydrogen-bond acceptors (Lipinski definition) is 3. The molecule has 0 radical (unpaired) electrons. The highest BCUT2D eigenvalue weighted by Gasteiger charge is 2.22. The molecule has 0 spiro atoms. The van der Waals surface area contributed by atoms with E-state index in [1.807, 2.05) is 0 Å². The van der Waals surface area contributed by atoms with Crippen molar-refractivity contribution in [2.24, 2.45) is 5.73 Å². The van der Waals surface area contributed by atoms with Crippen LogP contribution in [0.1, 0.15) is 26.2 Å². The third kappa shape index (κ3) is 3.99. The van der Waals surface area contributed by atoms with Crippen molar-refractivity contribution >= 4 is 29.3 Å². The molecule has 2 N–H and O–H groups in total. The van der Waals surface area contributed by atoms with Gasteiger partial charge in [-0.05, 0) is 19.3 Å². The van der Waals surface area contributed by atoms with Gasteiger partial charge >= 0.3 is 0 Å². The minimum absolute atomic E-state index is 0. The first-order valence-electron chi connectivity index (χ1n) is 3.61. The van der Waals surface area contributed by atoms with Crippen molar-refractivity contribution in [3.8, 4) is 0 Å². The van der Waals surface area contributed by atoms with Gasteiger partial charge in [-0.3, -0.25) is 4.79 Å². The predicted octanol–water partition coefficient (Wildman–Crippen LogP) is 1.57. The Balaban J connectivity index is 0.000001000. The van der Waals surface area contributed by atoms with E-state index in [-0.39, 0.29) is 17.5 Å². The van der Waals surface area contributed by atoms with Crippen LogP contribution in [0.25, 0.3) is 0 Å². The summed E-state index contributed by atoms with van der Waals surface area (Å²) in [6.07, 6.45) is 3.22. The van der Waals surface area contributed by atoms with E-state index in [1.165, 1.54) is 11.8 Å². The van der Waals surface area contributed by atoms with Crippen molar-refractivity contribution < 1.29 is 4.79 Å². The monoisotopic (exact) mass is 195 g/mol. The Bertz CT molecular complexity index is 142. The van der Waals surface area contributed by atoms with Crippen LogP contribution in [0, 0.1) is 0 Å². The molecule has 2 nitrogen and oxygen atoms in total. The van der Waals surface area contributed by atoms with E-state index in [1.54, 1.807) is 6.92 Å². The summed E-state index contributed by atoms with van der Waals surface area (Å²) < 4.78 is 0. The minimum atomic E-state index is 0. The van der Waals surface area contributed by atoms with E-state index in [0.29, 0.717) is 11.3 Å². The lowest BCUT2D eigenvalue weighted by Gasteiger charge is -2.04. The van der Waals surface area contributed by atoms with Gasteiger partial charge in [0.15, 0.2) is 5.12 Å². The molecule has 1 aliphatic carbocycles. The maximum absolute atomic E-state index is 10.6. The lowest BCUT2D eigenvalue weighted by atomic mass is 10.3. The number of halogens is 1. The summed E-state index contributed by atoms with van der Waals surface area (Å²) in [6, 6.07) is 0.344. The normalized spacial score (nSPS) is 29.6. The Morgan fingerprint density at radius 1 is 1.55 bits per heavy atom.